The van der Waals surface area contributed by atoms with E-state index in [0.29, 0.717) is 34.8 Å². The van der Waals surface area contributed by atoms with Crippen molar-refractivity contribution >= 4 is 12.0 Å². The third kappa shape index (κ3) is 5.53. The summed E-state index contributed by atoms with van der Waals surface area (Å²) in [6, 6.07) is 3.99. The van der Waals surface area contributed by atoms with Gasteiger partial charge in [-0.3, -0.25) is 4.98 Å². The van der Waals surface area contributed by atoms with Crippen LogP contribution in [0.25, 0.3) is 6.08 Å². The predicted molar refractivity (Wildman–Crippen MR) is 118 cm³/mol. The molecule has 0 aliphatic rings. The van der Waals surface area contributed by atoms with Gasteiger partial charge in [0.05, 0.1) is 21.3 Å². The highest BCUT2D eigenvalue weighted by Crippen LogP contribution is 2.44. The highest BCUT2D eigenvalue weighted by Gasteiger charge is 2.22. The van der Waals surface area contributed by atoms with E-state index in [0.717, 1.165) is 36.8 Å². The first-order valence-corrected chi connectivity index (χ1v) is 10.1. The maximum Gasteiger partial charge on any atom is 0.331 e. The Hall–Kier alpha value is -3.02. The van der Waals surface area contributed by atoms with Gasteiger partial charge < -0.3 is 19.3 Å². The van der Waals surface area contributed by atoms with Crippen molar-refractivity contribution in [2.45, 2.75) is 46.0 Å². The molecule has 0 fully saturated rings. The number of aliphatic carboxylic acids is 1. The second kappa shape index (κ2) is 11.2. The monoisotopic (exact) mass is 413 g/mol. The minimum Gasteiger partial charge on any atom is -0.496 e. The van der Waals surface area contributed by atoms with Crippen molar-refractivity contribution in [1.29, 1.82) is 0 Å². The Bertz CT molecular complexity index is 890. The number of hydrogen-bond acceptors (Lipinski definition) is 5. The number of carboxylic acids is 1. The number of aromatic nitrogens is 1. The summed E-state index contributed by atoms with van der Waals surface area (Å²) in [7, 11) is 4.72. The fraction of sp³-hybridized carbons (Fsp3) is 0.417. The van der Waals surface area contributed by atoms with Gasteiger partial charge >= 0.3 is 5.97 Å². The number of carbonyl (C=O) groups is 1. The SMILES string of the molecule is COc1c(C)c(OC)c(OC)c(C)c1C=C(CCCCCc1cccnc1)C(=O)O. The molecule has 0 bridgehead atoms. The van der Waals surface area contributed by atoms with Gasteiger partial charge in [-0.15, -0.1) is 0 Å². The molecule has 0 aliphatic heterocycles. The van der Waals surface area contributed by atoms with Crippen molar-refractivity contribution in [1.82, 2.24) is 4.98 Å². The maximum absolute atomic E-state index is 11.9. The number of pyridine rings is 1. The molecule has 0 saturated carbocycles. The van der Waals surface area contributed by atoms with Crippen LogP contribution in [0.15, 0.2) is 30.1 Å². The first-order valence-electron chi connectivity index (χ1n) is 10.1. The summed E-state index contributed by atoms with van der Waals surface area (Å²) in [4.78, 5) is 16.0. The molecule has 0 radical (unpaired) electrons. The van der Waals surface area contributed by atoms with Gasteiger partial charge in [0.15, 0.2) is 11.5 Å². The number of ether oxygens (including phenoxy) is 3. The van der Waals surface area contributed by atoms with Crippen LogP contribution in [-0.4, -0.2) is 37.4 Å². The first-order chi connectivity index (χ1) is 14.4. The zero-order valence-electron chi connectivity index (χ0n) is 18.4. The van der Waals surface area contributed by atoms with E-state index in [1.165, 1.54) is 5.56 Å². The molecule has 1 heterocycles. The van der Waals surface area contributed by atoms with E-state index in [1.807, 2.05) is 26.1 Å². The van der Waals surface area contributed by atoms with Gasteiger partial charge in [-0.25, -0.2) is 4.79 Å². The molecular weight excluding hydrogens is 382 g/mol. The van der Waals surface area contributed by atoms with Crippen LogP contribution in [0.3, 0.4) is 0 Å². The van der Waals surface area contributed by atoms with E-state index >= 15 is 0 Å². The van der Waals surface area contributed by atoms with E-state index in [1.54, 1.807) is 33.6 Å². The fourth-order valence-electron chi connectivity index (χ4n) is 3.65. The number of hydrogen-bond donors (Lipinski definition) is 1. The van der Waals surface area contributed by atoms with E-state index in [9.17, 15) is 9.90 Å². The molecule has 30 heavy (non-hydrogen) atoms. The van der Waals surface area contributed by atoms with Gasteiger partial charge in [0.2, 0.25) is 0 Å². The molecule has 2 rings (SSSR count). The van der Waals surface area contributed by atoms with Crippen molar-refractivity contribution in [2.75, 3.05) is 21.3 Å². The Kier molecular flexibility index (Phi) is 8.71. The lowest BCUT2D eigenvalue weighted by atomic mass is 9.96. The van der Waals surface area contributed by atoms with Gasteiger partial charge in [0.1, 0.15) is 5.75 Å². The zero-order chi connectivity index (χ0) is 22.1. The molecule has 0 amide bonds. The van der Waals surface area contributed by atoms with E-state index in [-0.39, 0.29) is 0 Å². The molecule has 0 spiro atoms. The van der Waals surface area contributed by atoms with Crippen LogP contribution in [0.5, 0.6) is 17.2 Å². The number of benzene rings is 1. The number of nitrogens with zero attached hydrogens (tertiary/aromatic N) is 1. The molecule has 0 atom stereocenters. The molecule has 2 aromatic rings. The van der Waals surface area contributed by atoms with Crippen LogP contribution in [0, 0.1) is 13.8 Å². The number of aryl methyl sites for hydroxylation is 1. The largest absolute Gasteiger partial charge is 0.496 e. The fourth-order valence-corrected chi connectivity index (χ4v) is 3.65. The van der Waals surface area contributed by atoms with Gasteiger partial charge in [-0.1, -0.05) is 12.5 Å². The summed E-state index contributed by atoms with van der Waals surface area (Å²) >= 11 is 0. The molecule has 0 saturated heterocycles. The van der Waals surface area contributed by atoms with E-state index in [2.05, 4.69) is 11.1 Å². The average molecular weight is 414 g/mol. The Morgan fingerprint density at radius 2 is 1.67 bits per heavy atom. The third-order valence-corrected chi connectivity index (χ3v) is 5.22. The van der Waals surface area contributed by atoms with Crippen molar-refractivity contribution in [3.63, 3.8) is 0 Å². The second-order valence-electron chi connectivity index (χ2n) is 7.16. The number of carboxylic acid groups (broad SMARTS) is 1. The summed E-state index contributed by atoms with van der Waals surface area (Å²) in [5.74, 6) is 0.858. The standard InChI is InChI=1S/C24H31NO5/c1-16-20(21(28-3)17(2)23(30-5)22(16)29-4)14-19(24(26)27)12-8-6-7-10-18-11-9-13-25-15-18/h9,11,13-15H,6-8,10,12H2,1-5H3,(H,26,27). The Morgan fingerprint density at radius 3 is 2.23 bits per heavy atom. The van der Waals surface area contributed by atoms with Crippen molar-refractivity contribution < 1.29 is 24.1 Å². The number of unbranched alkanes of at least 4 members (excludes halogenated alkanes) is 2. The minimum atomic E-state index is -0.920. The van der Waals surface area contributed by atoms with Crippen LogP contribution in [0.4, 0.5) is 0 Å². The van der Waals surface area contributed by atoms with Crippen molar-refractivity contribution in [2.24, 2.45) is 0 Å². The van der Waals surface area contributed by atoms with Crippen LogP contribution < -0.4 is 14.2 Å². The summed E-state index contributed by atoms with van der Waals surface area (Å²) < 4.78 is 16.6. The third-order valence-electron chi connectivity index (χ3n) is 5.22. The lowest BCUT2D eigenvalue weighted by molar-refractivity contribution is -0.132. The Balaban J connectivity index is 2.20. The molecule has 162 valence electrons. The van der Waals surface area contributed by atoms with Crippen LogP contribution in [0.1, 0.15) is 47.9 Å². The topological polar surface area (TPSA) is 77.9 Å². The summed E-state index contributed by atoms with van der Waals surface area (Å²) in [5, 5.41) is 9.75. The van der Waals surface area contributed by atoms with Crippen LogP contribution in [0.2, 0.25) is 0 Å². The van der Waals surface area contributed by atoms with E-state index in [4.69, 9.17) is 14.2 Å². The molecule has 0 aliphatic carbocycles. The molecule has 1 aromatic carbocycles. The first kappa shape index (κ1) is 23.3. The summed E-state index contributed by atoms with van der Waals surface area (Å²) in [6.07, 6.45) is 9.51. The smallest absolute Gasteiger partial charge is 0.331 e. The normalized spacial score (nSPS) is 11.3. The van der Waals surface area contributed by atoms with E-state index < -0.39 is 5.97 Å². The molecule has 6 nitrogen and oxygen atoms in total. The second-order valence-corrected chi connectivity index (χ2v) is 7.16. The average Bonchev–Trinajstić information content (AvgIpc) is 2.75. The summed E-state index contributed by atoms with van der Waals surface area (Å²) in [6.45, 7) is 3.75. The van der Waals surface area contributed by atoms with Gasteiger partial charge in [0, 0.05) is 34.7 Å². The van der Waals surface area contributed by atoms with Gasteiger partial charge in [-0.2, -0.15) is 0 Å². The molecule has 1 aromatic heterocycles. The maximum atomic E-state index is 11.9. The van der Waals surface area contributed by atoms with Crippen molar-refractivity contribution in [3.05, 3.63) is 52.4 Å². The number of methoxy groups -OCH3 is 3. The lowest BCUT2D eigenvalue weighted by Gasteiger charge is -2.20. The highest BCUT2D eigenvalue weighted by atomic mass is 16.5. The predicted octanol–water partition coefficient (Wildman–Crippen LogP) is 5.00. The van der Waals surface area contributed by atoms with Crippen LogP contribution >= 0.6 is 0 Å². The number of rotatable bonds is 11. The molecule has 1 N–H and O–H groups in total. The Morgan fingerprint density at radius 1 is 1.00 bits per heavy atom. The van der Waals surface area contributed by atoms with Crippen LogP contribution in [-0.2, 0) is 11.2 Å². The van der Waals surface area contributed by atoms with Gasteiger partial charge in [0.25, 0.3) is 0 Å². The lowest BCUT2D eigenvalue weighted by Crippen LogP contribution is -2.05. The molecule has 0 unspecified atom stereocenters. The molecule has 6 heteroatoms. The highest BCUT2D eigenvalue weighted by molar-refractivity contribution is 5.93. The molecular formula is C24H31NO5. The summed E-state index contributed by atoms with van der Waals surface area (Å²) in [5.41, 5.74) is 3.82. The van der Waals surface area contributed by atoms with Crippen molar-refractivity contribution in [3.8, 4) is 17.2 Å². The Labute approximate surface area is 178 Å². The van der Waals surface area contributed by atoms with Gasteiger partial charge in [-0.05, 0) is 57.2 Å². The quantitative estimate of drug-likeness (QED) is 0.413. The minimum absolute atomic E-state index is 0.351. The zero-order valence-corrected chi connectivity index (χ0v) is 18.4.